The molecule has 206 valence electrons. The van der Waals surface area contributed by atoms with E-state index in [-0.39, 0.29) is 36.4 Å². The van der Waals surface area contributed by atoms with Crippen molar-refractivity contribution in [3.8, 4) is 5.75 Å². The van der Waals surface area contributed by atoms with E-state index in [9.17, 15) is 18.0 Å². The van der Waals surface area contributed by atoms with Gasteiger partial charge in [0.25, 0.3) is 0 Å². The fourth-order valence-corrected chi connectivity index (χ4v) is 4.83. The maximum absolute atomic E-state index is 14.1. The lowest BCUT2D eigenvalue weighted by molar-refractivity contribution is -0.140. The highest BCUT2D eigenvalue weighted by Crippen LogP contribution is 2.46. The number of aliphatic imine (C=N–C) groups is 1. The van der Waals surface area contributed by atoms with Gasteiger partial charge in [0, 0.05) is 23.1 Å². The van der Waals surface area contributed by atoms with Gasteiger partial charge in [0.1, 0.15) is 30.0 Å². The summed E-state index contributed by atoms with van der Waals surface area (Å²) in [6, 6.07) is 10.5. The number of hydrogen-bond acceptors (Lipinski definition) is 6. The SMILES string of the molecule is CCOC(C)=O.COc1cccc([C@H]2OCC3=NCC(C)=C(C(F)(F)F)N3c3ccc(Cl)cc32)c1C(C)C. The molecule has 38 heavy (non-hydrogen) atoms. The summed E-state index contributed by atoms with van der Waals surface area (Å²) in [6.45, 7) is 9.10. The summed E-state index contributed by atoms with van der Waals surface area (Å²) in [4.78, 5) is 15.4. The molecule has 2 aliphatic rings. The predicted octanol–water partition coefficient (Wildman–Crippen LogP) is 7.22. The van der Waals surface area contributed by atoms with E-state index in [1.165, 1.54) is 18.7 Å². The third-order valence-electron chi connectivity index (χ3n) is 6.07. The lowest BCUT2D eigenvalue weighted by atomic mass is 9.89. The van der Waals surface area contributed by atoms with Crippen molar-refractivity contribution in [3.63, 3.8) is 0 Å². The number of hydrogen-bond donors (Lipinski definition) is 0. The zero-order chi connectivity index (χ0) is 28.2. The van der Waals surface area contributed by atoms with Crippen LogP contribution >= 0.6 is 11.6 Å². The number of esters is 1. The van der Waals surface area contributed by atoms with Gasteiger partial charge in [-0.25, -0.2) is 0 Å². The Balaban J connectivity index is 0.000000599. The first kappa shape index (κ1) is 29.5. The minimum Gasteiger partial charge on any atom is -0.496 e. The molecule has 6 nitrogen and oxygen atoms in total. The van der Waals surface area contributed by atoms with Gasteiger partial charge in [0.05, 0.1) is 25.9 Å². The standard InChI is InChI=1S/C24H24ClF3N2O2.C4H8O2/c1-13(2)21-16(6-5-7-19(21)31-4)22-17-10-15(25)8-9-18(17)30-20(12-32-22)29-11-14(3)23(30)24(26,27)28;1-3-6-4(2)5/h5-10,13,22H,11-12H2,1-4H3;3H2,1-2H3/t22-;/m1./s1. The van der Waals surface area contributed by atoms with Gasteiger partial charge in [-0.1, -0.05) is 37.6 Å². The lowest BCUT2D eigenvalue weighted by Gasteiger charge is -2.33. The molecule has 0 N–H and O–H groups in total. The molecule has 0 saturated heterocycles. The van der Waals surface area contributed by atoms with Crippen molar-refractivity contribution >= 4 is 29.1 Å². The van der Waals surface area contributed by atoms with Crippen LogP contribution in [0.3, 0.4) is 0 Å². The van der Waals surface area contributed by atoms with Crippen LogP contribution in [0.4, 0.5) is 18.9 Å². The first-order valence-corrected chi connectivity index (χ1v) is 12.6. The fourth-order valence-electron chi connectivity index (χ4n) is 4.65. The van der Waals surface area contributed by atoms with Crippen LogP contribution in [0.1, 0.15) is 63.3 Å². The summed E-state index contributed by atoms with van der Waals surface area (Å²) >= 11 is 6.31. The number of amidine groups is 1. The number of carbonyl (C=O) groups excluding carboxylic acids is 1. The molecule has 0 saturated carbocycles. The van der Waals surface area contributed by atoms with Crippen LogP contribution in [-0.2, 0) is 14.3 Å². The summed E-state index contributed by atoms with van der Waals surface area (Å²) in [5.74, 6) is 0.819. The molecule has 2 aromatic carbocycles. The molecule has 0 amide bonds. The monoisotopic (exact) mass is 552 g/mol. The number of nitrogens with zero attached hydrogens (tertiary/aromatic N) is 2. The Bertz CT molecular complexity index is 1240. The third kappa shape index (κ3) is 6.32. The molecule has 1 atom stereocenters. The van der Waals surface area contributed by atoms with Gasteiger partial charge >= 0.3 is 12.1 Å². The Morgan fingerprint density at radius 3 is 2.50 bits per heavy atom. The third-order valence-corrected chi connectivity index (χ3v) is 6.31. The van der Waals surface area contributed by atoms with Crippen LogP contribution < -0.4 is 9.64 Å². The molecule has 0 radical (unpaired) electrons. The summed E-state index contributed by atoms with van der Waals surface area (Å²) in [6.07, 6.45) is -5.18. The normalized spacial score (nSPS) is 17.1. The average Bonchev–Trinajstić information content (AvgIpc) is 2.99. The quantitative estimate of drug-likeness (QED) is 0.375. The van der Waals surface area contributed by atoms with Crippen molar-refractivity contribution in [2.75, 3.05) is 31.8 Å². The van der Waals surface area contributed by atoms with Crippen LogP contribution in [0.15, 0.2) is 52.7 Å². The second-order valence-corrected chi connectivity index (χ2v) is 9.57. The minimum absolute atomic E-state index is 0.0198. The first-order valence-electron chi connectivity index (χ1n) is 12.2. The number of methoxy groups -OCH3 is 1. The molecule has 0 bridgehead atoms. The zero-order valence-electron chi connectivity index (χ0n) is 22.3. The number of fused-ring (bicyclic) bond motifs is 3. The Morgan fingerprint density at radius 2 is 1.95 bits per heavy atom. The van der Waals surface area contributed by atoms with E-state index in [2.05, 4.69) is 9.73 Å². The zero-order valence-corrected chi connectivity index (χ0v) is 23.0. The number of anilines is 1. The second-order valence-electron chi connectivity index (χ2n) is 9.13. The molecule has 2 aliphatic heterocycles. The molecule has 0 unspecified atom stereocenters. The van der Waals surface area contributed by atoms with Gasteiger partial charge < -0.3 is 14.2 Å². The van der Waals surface area contributed by atoms with E-state index < -0.39 is 18.0 Å². The van der Waals surface area contributed by atoms with Crippen molar-refractivity contribution in [2.24, 2.45) is 4.99 Å². The number of rotatable bonds is 4. The minimum atomic E-state index is -4.54. The highest BCUT2D eigenvalue weighted by molar-refractivity contribution is 6.30. The van der Waals surface area contributed by atoms with E-state index >= 15 is 0 Å². The highest BCUT2D eigenvalue weighted by atomic mass is 35.5. The fraction of sp³-hybridized carbons (Fsp3) is 0.429. The predicted molar refractivity (Wildman–Crippen MR) is 142 cm³/mol. The summed E-state index contributed by atoms with van der Waals surface area (Å²) in [7, 11) is 1.60. The molecule has 2 heterocycles. The van der Waals surface area contributed by atoms with Crippen molar-refractivity contribution in [3.05, 3.63) is 69.4 Å². The van der Waals surface area contributed by atoms with E-state index in [4.69, 9.17) is 21.1 Å². The van der Waals surface area contributed by atoms with E-state index in [0.717, 1.165) is 11.1 Å². The maximum Gasteiger partial charge on any atom is 0.431 e. The Labute approximate surface area is 226 Å². The van der Waals surface area contributed by atoms with Gasteiger partial charge in [-0.2, -0.15) is 13.2 Å². The molecule has 0 spiro atoms. The molecule has 4 rings (SSSR count). The Morgan fingerprint density at radius 1 is 1.24 bits per heavy atom. The van der Waals surface area contributed by atoms with E-state index in [1.54, 1.807) is 32.2 Å². The van der Waals surface area contributed by atoms with E-state index in [0.29, 0.717) is 28.6 Å². The number of allylic oxidation sites excluding steroid dienone is 1. The first-order chi connectivity index (χ1) is 17.9. The number of halogens is 4. The van der Waals surface area contributed by atoms with Crippen LogP contribution in [0, 0.1) is 0 Å². The van der Waals surface area contributed by atoms with Crippen LogP contribution in [0.2, 0.25) is 5.02 Å². The molecule has 10 heteroatoms. The van der Waals surface area contributed by atoms with Gasteiger partial charge in [-0.15, -0.1) is 0 Å². The molecular weight excluding hydrogens is 521 g/mol. The maximum atomic E-state index is 14.1. The average molecular weight is 553 g/mol. The number of carbonyl (C=O) groups is 1. The number of alkyl halides is 3. The Hall–Kier alpha value is -3.04. The number of ether oxygens (including phenoxy) is 3. The topological polar surface area (TPSA) is 60.4 Å². The summed E-state index contributed by atoms with van der Waals surface area (Å²) in [5.41, 5.74) is 2.12. The van der Waals surface area contributed by atoms with E-state index in [1.807, 2.05) is 32.0 Å². The van der Waals surface area contributed by atoms with Crippen molar-refractivity contribution in [2.45, 2.75) is 52.8 Å². The van der Waals surface area contributed by atoms with Gasteiger partial charge in [-0.05, 0) is 55.2 Å². The number of benzene rings is 2. The summed E-state index contributed by atoms with van der Waals surface area (Å²) < 4.78 is 58.6. The Kier molecular flexibility index (Phi) is 9.49. The van der Waals surface area contributed by atoms with Crippen LogP contribution in [0.25, 0.3) is 0 Å². The molecule has 2 aromatic rings. The van der Waals surface area contributed by atoms with Crippen molar-refractivity contribution in [1.29, 1.82) is 0 Å². The van der Waals surface area contributed by atoms with Gasteiger partial charge in [0.2, 0.25) is 0 Å². The van der Waals surface area contributed by atoms with Gasteiger partial charge in [0.15, 0.2) is 0 Å². The molecular formula is C28H32ClF3N2O4. The molecule has 0 aromatic heterocycles. The van der Waals surface area contributed by atoms with Gasteiger partial charge in [-0.3, -0.25) is 14.7 Å². The lowest BCUT2D eigenvalue weighted by Crippen LogP contribution is -2.42. The van der Waals surface area contributed by atoms with Crippen molar-refractivity contribution < 1.29 is 32.2 Å². The van der Waals surface area contributed by atoms with Crippen LogP contribution in [0.5, 0.6) is 5.75 Å². The second kappa shape index (κ2) is 12.2. The smallest absolute Gasteiger partial charge is 0.431 e. The molecule has 0 fully saturated rings. The summed E-state index contributed by atoms with van der Waals surface area (Å²) in [5, 5.41) is 0.415. The molecule has 0 aliphatic carbocycles. The highest BCUT2D eigenvalue weighted by Gasteiger charge is 2.45. The van der Waals surface area contributed by atoms with Crippen molar-refractivity contribution in [1.82, 2.24) is 0 Å². The van der Waals surface area contributed by atoms with Crippen LogP contribution in [-0.4, -0.2) is 44.8 Å². The largest absolute Gasteiger partial charge is 0.496 e.